The summed E-state index contributed by atoms with van der Waals surface area (Å²) in [5.74, 6) is -0.817. The molecule has 0 aromatic heterocycles. The van der Waals surface area contributed by atoms with Crippen LogP contribution in [0, 0.1) is 0 Å². The van der Waals surface area contributed by atoms with Gasteiger partial charge in [0.25, 0.3) is 0 Å². The Bertz CT molecular complexity index is 770. The van der Waals surface area contributed by atoms with Gasteiger partial charge in [0.15, 0.2) is 0 Å². The minimum atomic E-state index is -0.967. The Morgan fingerprint density at radius 2 is 1.61 bits per heavy atom. The van der Waals surface area contributed by atoms with Crippen LogP contribution < -0.4 is 0 Å². The number of carbonyl (C=O) groups is 1. The van der Waals surface area contributed by atoms with Gasteiger partial charge in [-0.2, -0.15) is 0 Å². The Kier molecular flexibility index (Phi) is 4.24. The largest absolute Gasteiger partial charge is 0.480 e. The lowest BCUT2D eigenvalue weighted by Gasteiger charge is -2.28. The lowest BCUT2D eigenvalue weighted by Crippen LogP contribution is -2.34. The molecule has 0 amide bonds. The Morgan fingerprint density at radius 3 is 2.17 bits per heavy atom. The predicted molar refractivity (Wildman–Crippen MR) is 93.1 cm³/mol. The van der Waals surface area contributed by atoms with E-state index in [0.29, 0.717) is 6.42 Å². The number of carboxylic acid groups (broad SMARTS) is 1. The Hall–Kier alpha value is -2.87. The Morgan fingerprint density at radius 1 is 0.957 bits per heavy atom. The SMILES string of the molecule is O=C(O)C1(c2ccccc2)C=CC(C=Cc2ccccc2)=CC1. The van der Waals surface area contributed by atoms with Crippen molar-refractivity contribution in [3.05, 3.63) is 102 Å². The summed E-state index contributed by atoms with van der Waals surface area (Å²) in [6, 6.07) is 19.4. The van der Waals surface area contributed by atoms with Crippen molar-refractivity contribution in [2.75, 3.05) is 0 Å². The number of aliphatic carboxylic acids is 1. The first-order chi connectivity index (χ1) is 11.2. The highest BCUT2D eigenvalue weighted by Crippen LogP contribution is 2.34. The van der Waals surface area contributed by atoms with Crippen molar-refractivity contribution in [3.8, 4) is 0 Å². The molecule has 2 aromatic carbocycles. The smallest absolute Gasteiger partial charge is 0.318 e. The molecule has 23 heavy (non-hydrogen) atoms. The molecule has 114 valence electrons. The first-order valence-electron chi connectivity index (χ1n) is 7.62. The van der Waals surface area contributed by atoms with Gasteiger partial charge in [0.05, 0.1) is 0 Å². The van der Waals surface area contributed by atoms with Crippen LogP contribution in [-0.2, 0) is 10.2 Å². The van der Waals surface area contributed by atoms with E-state index in [2.05, 4.69) is 0 Å². The van der Waals surface area contributed by atoms with Crippen molar-refractivity contribution < 1.29 is 9.90 Å². The standard InChI is InChI=1S/C21H18O2/c22-20(23)21(19-9-5-2-6-10-19)15-13-18(14-16-21)12-11-17-7-3-1-4-8-17/h1-15H,16H2,(H,22,23). The summed E-state index contributed by atoms with van der Waals surface area (Å²) in [5, 5.41) is 9.74. The van der Waals surface area contributed by atoms with Gasteiger partial charge >= 0.3 is 5.97 Å². The van der Waals surface area contributed by atoms with Crippen molar-refractivity contribution >= 4 is 12.0 Å². The second kappa shape index (κ2) is 6.49. The number of allylic oxidation sites excluding steroid dienone is 4. The lowest BCUT2D eigenvalue weighted by molar-refractivity contribution is -0.141. The molecule has 1 N–H and O–H groups in total. The van der Waals surface area contributed by atoms with Crippen molar-refractivity contribution in [1.82, 2.24) is 0 Å². The first-order valence-corrected chi connectivity index (χ1v) is 7.62. The lowest BCUT2D eigenvalue weighted by atomic mass is 9.74. The molecule has 0 heterocycles. The molecular weight excluding hydrogens is 284 g/mol. The van der Waals surface area contributed by atoms with Gasteiger partial charge in [-0.15, -0.1) is 0 Å². The molecule has 2 nitrogen and oxygen atoms in total. The first kappa shape index (κ1) is 15.0. The van der Waals surface area contributed by atoms with Gasteiger partial charge in [-0.3, -0.25) is 4.79 Å². The van der Waals surface area contributed by atoms with Crippen LogP contribution >= 0.6 is 0 Å². The molecule has 2 heteroatoms. The third-order valence-corrected chi connectivity index (χ3v) is 4.16. The normalized spacial score (nSPS) is 20.4. The average Bonchev–Trinajstić information content (AvgIpc) is 2.62. The van der Waals surface area contributed by atoms with Gasteiger partial charge in [-0.1, -0.05) is 91.0 Å². The van der Waals surface area contributed by atoms with Crippen LogP contribution in [0.5, 0.6) is 0 Å². The fourth-order valence-electron chi connectivity index (χ4n) is 2.77. The van der Waals surface area contributed by atoms with Gasteiger partial charge in [-0.25, -0.2) is 0 Å². The van der Waals surface area contributed by atoms with Crippen molar-refractivity contribution in [1.29, 1.82) is 0 Å². The van der Waals surface area contributed by atoms with E-state index < -0.39 is 11.4 Å². The molecule has 2 aromatic rings. The van der Waals surface area contributed by atoms with E-state index in [1.165, 1.54) is 0 Å². The van der Waals surface area contributed by atoms with E-state index in [0.717, 1.165) is 16.7 Å². The van der Waals surface area contributed by atoms with E-state index >= 15 is 0 Å². The monoisotopic (exact) mass is 302 g/mol. The van der Waals surface area contributed by atoms with Crippen LogP contribution in [0.15, 0.2) is 90.5 Å². The Balaban J connectivity index is 1.83. The molecule has 0 spiro atoms. The van der Waals surface area contributed by atoms with Gasteiger partial charge in [-0.05, 0) is 23.1 Å². The van der Waals surface area contributed by atoms with Crippen LogP contribution in [0.2, 0.25) is 0 Å². The third-order valence-electron chi connectivity index (χ3n) is 4.16. The fraction of sp³-hybridized carbons (Fsp3) is 0.0952. The number of hydrogen-bond acceptors (Lipinski definition) is 1. The van der Waals surface area contributed by atoms with Crippen LogP contribution in [0.3, 0.4) is 0 Å². The molecule has 0 aliphatic heterocycles. The topological polar surface area (TPSA) is 37.3 Å². The molecular formula is C21H18O2. The average molecular weight is 302 g/mol. The quantitative estimate of drug-likeness (QED) is 0.895. The highest BCUT2D eigenvalue weighted by Gasteiger charge is 2.38. The maximum atomic E-state index is 11.9. The van der Waals surface area contributed by atoms with Crippen LogP contribution in [0.1, 0.15) is 17.5 Å². The molecule has 0 radical (unpaired) electrons. The molecule has 1 atom stereocenters. The summed E-state index contributed by atoms with van der Waals surface area (Å²) < 4.78 is 0. The molecule has 0 saturated carbocycles. The highest BCUT2D eigenvalue weighted by molar-refractivity contribution is 5.85. The zero-order valence-corrected chi connectivity index (χ0v) is 12.7. The van der Waals surface area contributed by atoms with Gasteiger partial charge < -0.3 is 5.11 Å². The van der Waals surface area contributed by atoms with Crippen LogP contribution in [-0.4, -0.2) is 11.1 Å². The van der Waals surface area contributed by atoms with Crippen molar-refractivity contribution in [2.45, 2.75) is 11.8 Å². The summed E-state index contributed by atoms with van der Waals surface area (Å²) >= 11 is 0. The maximum Gasteiger partial charge on any atom is 0.318 e. The van der Waals surface area contributed by atoms with E-state index in [1.807, 2.05) is 85.0 Å². The predicted octanol–water partition coefficient (Wildman–Crippen LogP) is 4.61. The maximum absolute atomic E-state index is 11.9. The van der Waals surface area contributed by atoms with Crippen LogP contribution in [0.4, 0.5) is 0 Å². The minimum absolute atomic E-state index is 0.456. The number of benzene rings is 2. The van der Waals surface area contributed by atoms with E-state index in [4.69, 9.17) is 0 Å². The fourth-order valence-corrected chi connectivity index (χ4v) is 2.77. The molecule has 0 fully saturated rings. The number of hydrogen-bond donors (Lipinski definition) is 1. The highest BCUT2D eigenvalue weighted by atomic mass is 16.4. The van der Waals surface area contributed by atoms with Gasteiger partial charge in [0.1, 0.15) is 5.41 Å². The van der Waals surface area contributed by atoms with Crippen molar-refractivity contribution in [2.24, 2.45) is 0 Å². The summed E-state index contributed by atoms with van der Waals surface area (Å²) in [5.41, 5.74) is 2.00. The molecule has 1 unspecified atom stereocenters. The van der Waals surface area contributed by atoms with Crippen molar-refractivity contribution in [3.63, 3.8) is 0 Å². The van der Waals surface area contributed by atoms with E-state index in [9.17, 15) is 9.90 Å². The van der Waals surface area contributed by atoms with E-state index in [1.54, 1.807) is 6.08 Å². The summed E-state index contributed by atoms with van der Waals surface area (Å²) in [6.45, 7) is 0. The molecule has 1 aliphatic rings. The van der Waals surface area contributed by atoms with E-state index in [-0.39, 0.29) is 0 Å². The molecule has 3 rings (SSSR count). The summed E-state index contributed by atoms with van der Waals surface area (Å²) in [6.07, 6.45) is 10.2. The third kappa shape index (κ3) is 3.16. The zero-order chi connectivity index (χ0) is 16.1. The van der Waals surface area contributed by atoms with Crippen LogP contribution in [0.25, 0.3) is 6.08 Å². The zero-order valence-electron chi connectivity index (χ0n) is 12.7. The Labute approximate surface area is 136 Å². The molecule has 1 aliphatic carbocycles. The second-order valence-corrected chi connectivity index (χ2v) is 5.63. The number of rotatable bonds is 4. The van der Waals surface area contributed by atoms with Gasteiger partial charge in [0, 0.05) is 0 Å². The number of carboxylic acids is 1. The second-order valence-electron chi connectivity index (χ2n) is 5.63. The summed E-state index contributed by atoms with van der Waals surface area (Å²) in [4.78, 5) is 11.9. The minimum Gasteiger partial charge on any atom is -0.480 e. The van der Waals surface area contributed by atoms with Gasteiger partial charge in [0.2, 0.25) is 0 Å². The molecule has 0 bridgehead atoms. The summed E-state index contributed by atoms with van der Waals surface area (Å²) in [7, 11) is 0. The molecule has 0 saturated heterocycles.